The lowest BCUT2D eigenvalue weighted by atomic mass is 9.77. The van der Waals surface area contributed by atoms with E-state index < -0.39 is 5.97 Å². The molecule has 1 aliphatic rings. The van der Waals surface area contributed by atoms with Gasteiger partial charge >= 0.3 is 5.97 Å². The molecule has 1 aliphatic carbocycles. The maximum absolute atomic E-state index is 11.7. The number of rotatable bonds is 3. The van der Waals surface area contributed by atoms with Gasteiger partial charge in [-0.25, -0.2) is 0 Å². The van der Waals surface area contributed by atoms with Crippen LogP contribution in [0.25, 0.3) is 0 Å². The first-order chi connectivity index (χ1) is 6.52. The molecule has 0 aromatic carbocycles. The molecule has 0 aromatic heterocycles. The highest BCUT2D eigenvalue weighted by Gasteiger charge is 2.31. The molecule has 0 aromatic rings. The van der Waals surface area contributed by atoms with E-state index in [4.69, 9.17) is 5.11 Å². The predicted molar refractivity (Wildman–Crippen MR) is 52.9 cm³/mol. The molecular formula is C11H18O3. The molecule has 14 heavy (non-hydrogen) atoms. The maximum atomic E-state index is 11.7. The number of Topliss-reactive ketones (excluding diaryl/α,β-unsaturated/α-hetero) is 1. The minimum absolute atomic E-state index is 0.00940. The van der Waals surface area contributed by atoms with Crippen LogP contribution in [0.1, 0.15) is 39.5 Å². The number of carbonyl (C=O) groups is 2. The quantitative estimate of drug-likeness (QED) is 0.755. The fourth-order valence-corrected chi connectivity index (χ4v) is 2.14. The zero-order valence-corrected chi connectivity index (χ0v) is 8.82. The number of carbonyl (C=O) groups excluding carboxylic acids is 1. The summed E-state index contributed by atoms with van der Waals surface area (Å²) in [5.74, 6) is -0.781. The van der Waals surface area contributed by atoms with Crippen LogP contribution in [0, 0.1) is 17.8 Å². The van der Waals surface area contributed by atoms with Crippen LogP contribution in [0.2, 0.25) is 0 Å². The standard InChI is InChI=1S/C11H18O3/c1-7(2)10(12)8-4-3-5-9(6-8)11(13)14/h7-9H,3-6H2,1-2H3,(H,13,14). The summed E-state index contributed by atoms with van der Waals surface area (Å²) in [4.78, 5) is 22.5. The number of carboxylic acid groups (broad SMARTS) is 1. The first kappa shape index (κ1) is 11.2. The van der Waals surface area contributed by atoms with Crippen molar-refractivity contribution in [3.63, 3.8) is 0 Å². The summed E-state index contributed by atoms with van der Waals surface area (Å²) in [5, 5.41) is 8.87. The van der Waals surface area contributed by atoms with Gasteiger partial charge in [-0.3, -0.25) is 9.59 Å². The van der Waals surface area contributed by atoms with E-state index in [0.717, 1.165) is 19.3 Å². The van der Waals surface area contributed by atoms with E-state index in [0.29, 0.717) is 6.42 Å². The van der Waals surface area contributed by atoms with Crippen LogP contribution in [0.4, 0.5) is 0 Å². The summed E-state index contributed by atoms with van der Waals surface area (Å²) < 4.78 is 0. The maximum Gasteiger partial charge on any atom is 0.306 e. The molecule has 0 amide bonds. The summed E-state index contributed by atoms with van der Waals surface area (Å²) in [6.45, 7) is 3.76. The molecule has 1 fully saturated rings. The van der Waals surface area contributed by atoms with E-state index in [1.807, 2.05) is 13.8 Å². The first-order valence-corrected chi connectivity index (χ1v) is 5.29. The second kappa shape index (κ2) is 4.58. The van der Waals surface area contributed by atoms with Gasteiger partial charge in [-0.1, -0.05) is 20.3 Å². The molecular weight excluding hydrogens is 180 g/mol. The Balaban J connectivity index is 2.56. The van der Waals surface area contributed by atoms with E-state index in [2.05, 4.69) is 0 Å². The molecule has 2 unspecified atom stereocenters. The van der Waals surface area contributed by atoms with Gasteiger partial charge in [0.2, 0.25) is 0 Å². The van der Waals surface area contributed by atoms with Gasteiger partial charge in [0.25, 0.3) is 0 Å². The van der Waals surface area contributed by atoms with E-state index in [1.54, 1.807) is 0 Å². The van der Waals surface area contributed by atoms with Gasteiger partial charge in [0.1, 0.15) is 5.78 Å². The Morgan fingerprint density at radius 1 is 1.21 bits per heavy atom. The fourth-order valence-electron chi connectivity index (χ4n) is 2.14. The average molecular weight is 198 g/mol. The van der Waals surface area contributed by atoms with Crippen LogP contribution < -0.4 is 0 Å². The third-order valence-electron chi connectivity index (χ3n) is 2.99. The molecule has 0 spiro atoms. The van der Waals surface area contributed by atoms with Crippen molar-refractivity contribution in [1.29, 1.82) is 0 Å². The lowest BCUT2D eigenvalue weighted by molar-refractivity contribution is -0.144. The van der Waals surface area contributed by atoms with Crippen molar-refractivity contribution in [2.24, 2.45) is 17.8 Å². The molecule has 1 N–H and O–H groups in total. The molecule has 2 atom stereocenters. The van der Waals surface area contributed by atoms with E-state index in [-0.39, 0.29) is 23.5 Å². The molecule has 3 heteroatoms. The molecule has 1 rings (SSSR count). The Labute approximate surface area is 84.5 Å². The van der Waals surface area contributed by atoms with Crippen LogP contribution in [-0.2, 0) is 9.59 Å². The van der Waals surface area contributed by atoms with Crippen LogP contribution in [0.3, 0.4) is 0 Å². The molecule has 0 heterocycles. The molecule has 0 radical (unpaired) electrons. The molecule has 80 valence electrons. The molecule has 1 saturated carbocycles. The third-order valence-corrected chi connectivity index (χ3v) is 2.99. The smallest absolute Gasteiger partial charge is 0.306 e. The number of hydrogen-bond donors (Lipinski definition) is 1. The van der Waals surface area contributed by atoms with Gasteiger partial charge in [-0.2, -0.15) is 0 Å². The van der Waals surface area contributed by atoms with Crippen molar-refractivity contribution in [3.05, 3.63) is 0 Å². The highest BCUT2D eigenvalue weighted by atomic mass is 16.4. The Kier molecular flexibility index (Phi) is 3.67. The summed E-state index contributed by atoms with van der Waals surface area (Å²) >= 11 is 0. The van der Waals surface area contributed by atoms with Crippen molar-refractivity contribution in [2.75, 3.05) is 0 Å². The summed E-state index contributed by atoms with van der Waals surface area (Å²) in [6, 6.07) is 0. The van der Waals surface area contributed by atoms with Crippen molar-refractivity contribution in [1.82, 2.24) is 0 Å². The van der Waals surface area contributed by atoms with Crippen LogP contribution in [-0.4, -0.2) is 16.9 Å². The first-order valence-electron chi connectivity index (χ1n) is 5.29. The minimum Gasteiger partial charge on any atom is -0.481 e. The zero-order valence-electron chi connectivity index (χ0n) is 8.82. The predicted octanol–water partition coefficient (Wildman–Crippen LogP) is 2.10. The zero-order chi connectivity index (χ0) is 10.7. The average Bonchev–Trinajstić information content (AvgIpc) is 2.16. The SMILES string of the molecule is CC(C)C(=O)C1CCCC(C(=O)O)C1. The Morgan fingerprint density at radius 2 is 1.79 bits per heavy atom. The topological polar surface area (TPSA) is 54.4 Å². The Bertz CT molecular complexity index is 233. The van der Waals surface area contributed by atoms with Gasteiger partial charge in [0.15, 0.2) is 0 Å². The highest BCUT2D eigenvalue weighted by Crippen LogP contribution is 2.31. The second-order valence-corrected chi connectivity index (χ2v) is 4.46. The normalized spacial score (nSPS) is 27.6. The number of hydrogen-bond acceptors (Lipinski definition) is 2. The summed E-state index contributed by atoms with van der Waals surface area (Å²) in [6.07, 6.45) is 3.03. The Morgan fingerprint density at radius 3 is 2.29 bits per heavy atom. The molecule has 0 aliphatic heterocycles. The van der Waals surface area contributed by atoms with E-state index >= 15 is 0 Å². The third kappa shape index (κ3) is 2.56. The molecule has 0 saturated heterocycles. The van der Waals surface area contributed by atoms with Gasteiger partial charge in [0, 0.05) is 11.8 Å². The monoisotopic (exact) mass is 198 g/mol. The molecule has 0 bridgehead atoms. The molecule has 3 nitrogen and oxygen atoms in total. The van der Waals surface area contributed by atoms with Crippen LogP contribution in [0.15, 0.2) is 0 Å². The van der Waals surface area contributed by atoms with Gasteiger partial charge in [-0.15, -0.1) is 0 Å². The van der Waals surface area contributed by atoms with Gasteiger partial charge in [0.05, 0.1) is 5.92 Å². The number of aliphatic carboxylic acids is 1. The van der Waals surface area contributed by atoms with Gasteiger partial charge < -0.3 is 5.11 Å². The van der Waals surface area contributed by atoms with Crippen LogP contribution >= 0.6 is 0 Å². The highest BCUT2D eigenvalue weighted by molar-refractivity contribution is 5.83. The Hall–Kier alpha value is -0.860. The minimum atomic E-state index is -0.744. The van der Waals surface area contributed by atoms with Crippen molar-refractivity contribution < 1.29 is 14.7 Å². The lowest BCUT2D eigenvalue weighted by Crippen LogP contribution is -2.29. The van der Waals surface area contributed by atoms with Crippen molar-refractivity contribution in [2.45, 2.75) is 39.5 Å². The number of ketones is 1. The largest absolute Gasteiger partial charge is 0.481 e. The van der Waals surface area contributed by atoms with Gasteiger partial charge in [-0.05, 0) is 19.3 Å². The van der Waals surface area contributed by atoms with Crippen molar-refractivity contribution >= 4 is 11.8 Å². The lowest BCUT2D eigenvalue weighted by Gasteiger charge is -2.26. The second-order valence-electron chi connectivity index (χ2n) is 4.46. The number of carboxylic acids is 1. The van der Waals surface area contributed by atoms with E-state index in [9.17, 15) is 9.59 Å². The fraction of sp³-hybridized carbons (Fsp3) is 0.818. The van der Waals surface area contributed by atoms with E-state index in [1.165, 1.54) is 0 Å². The summed E-state index contributed by atoms with van der Waals surface area (Å²) in [5.41, 5.74) is 0. The summed E-state index contributed by atoms with van der Waals surface area (Å²) in [7, 11) is 0. The van der Waals surface area contributed by atoms with Crippen LogP contribution in [0.5, 0.6) is 0 Å². The van der Waals surface area contributed by atoms with Crippen molar-refractivity contribution in [3.8, 4) is 0 Å².